The largest absolute Gasteiger partial charge is 0.391 e. The van der Waals surface area contributed by atoms with Crippen molar-refractivity contribution in [2.45, 2.75) is 78.7 Å². The molecule has 1 aliphatic rings. The molecular weight excluding hydrogens is 280 g/mol. The topological polar surface area (TPSA) is 55.1 Å². The zero-order valence-corrected chi connectivity index (χ0v) is 15.1. The summed E-state index contributed by atoms with van der Waals surface area (Å²) in [5.41, 5.74) is 5.65. The first-order valence-corrected chi connectivity index (χ1v) is 8.62. The fourth-order valence-corrected chi connectivity index (χ4v) is 3.17. The number of rotatable bonds is 5. The van der Waals surface area contributed by atoms with Crippen molar-refractivity contribution in [2.75, 3.05) is 0 Å². The summed E-state index contributed by atoms with van der Waals surface area (Å²) in [6.07, 6.45) is 5.70. The number of thiocarbonyl (C=S) groups is 1. The Morgan fingerprint density at radius 1 is 1.38 bits per heavy atom. The van der Waals surface area contributed by atoms with E-state index in [0.717, 1.165) is 31.6 Å². The smallest absolute Gasteiger partial charge is 0.221 e. The lowest BCUT2D eigenvalue weighted by Crippen LogP contribution is -2.58. The molecule has 1 saturated carbocycles. The van der Waals surface area contributed by atoms with Crippen molar-refractivity contribution in [3.8, 4) is 0 Å². The Bertz CT molecular complexity index is 379. The van der Waals surface area contributed by atoms with Gasteiger partial charge >= 0.3 is 0 Å². The van der Waals surface area contributed by atoms with Crippen LogP contribution in [0.15, 0.2) is 0 Å². The van der Waals surface area contributed by atoms with Gasteiger partial charge < -0.3 is 11.1 Å². The molecule has 0 aromatic carbocycles. The summed E-state index contributed by atoms with van der Waals surface area (Å²) in [5.74, 6) is 1.16. The molecule has 1 atom stereocenters. The van der Waals surface area contributed by atoms with Crippen molar-refractivity contribution in [2.24, 2.45) is 23.0 Å². The summed E-state index contributed by atoms with van der Waals surface area (Å²) >= 11 is 5.27. The van der Waals surface area contributed by atoms with Gasteiger partial charge in [0, 0.05) is 6.42 Å². The van der Waals surface area contributed by atoms with Gasteiger partial charge in [0.25, 0.3) is 0 Å². The van der Waals surface area contributed by atoms with Crippen LogP contribution in [-0.4, -0.2) is 16.4 Å². The monoisotopic (exact) mass is 312 g/mol. The van der Waals surface area contributed by atoms with Crippen molar-refractivity contribution in [1.82, 2.24) is 5.32 Å². The minimum Gasteiger partial charge on any atom is -0.391 e. The first kappa shape index (κ1) is 18.4. The van der Waals surface area contributed by atoms with Crippen LogP contribution in [0.2, 0.25) is 0 Å². The molecule has 0 saturated heterocycles. The summed E-state index contributed by atoms with van der Waals surface area (Å²) in [6.45, 7) is 10.9. The van der Waals surface area contributed by atoms with Gasteiger partial charge in [-0.05, 0) is 42.9 Å². The molecule has 0 radical (unpaired) electrons. The van der Waals surface area contributed by atoms with E-state index in [4.69, 9.17) is 18.0 Å². The Morgan fingerprint density at radius 2 is 1.90 bits per heavy atom. The molecular formula is C17H32N2OS. The van der Waals surface area contributed by atoms with Crippen LogP contribution in [-0.2, 0) is 4.79 Å². The van der Waals surface area contributed by atoms with Crippen LogP contribution in [0, 0.1) is 17.3 Å². The van der Waals surface area contributed by atoms with E-state index in [-0.39, 0.29) is 11.3 Å². The van der Waals surface area contributed by atoms with Crippen LogP contribution < -0.4 is 11.1 Å². The third-order valence-corrected chi connectivity index (χ3v) is 5.75. The molecule has 1 fully saturated rings. The Hall–Kier alpha value is -0.640. The van der Waals surface area contributed by atoms with Crippen molar-refractivity contribution in [3.63, 3.8) is 0 Å². The predicted molar refractivity (Wildman–Crippen MR) is 93.1 cm³/mol. The molecule has 1 unspecified atom stereocenters. The van der Waals surface area contributed by atoms with Gasteiger partial charge in [0.2, 0.25) is 5.91 Å². The first-order valence-electron chi connectivity index (χ1n) is 8.21. The van der Waals surface area contributed by atoms with Gasteiger partial charge in [-0.2, -0.15) is 0 Å². The van der Waals surface area contributed by atoms with Crippen LogP contribution in [0.3, 0.4) is 0 Å². The molecule has 3 nitrogen and oxygen atoms in total. The van der Waals surface area contributed by atoms with E-state index in [1.165, 1.54) is 6.42 Å². The van der Waals surface area contributed by atoms with Crippen LogP contribution in [0.25, 0.3) is 0 Å². The van der Waals surface area contributed by atoms with E-state index in [2.05, 4.69) is 39.9 Å². The second-order valence-corrected chi connectivity index (χ2v) is 8.26. The number of nitrogens with two attached hydrogens (primary N) is 1. The molecule has 3 N–H and O–H groups in total. The third-order valence-electron chi connectivity index (χ3n) is 5.36. The highest BCUT2D eigenvalue weighted by Crippen LogP contribution is 2.35. The van der Waals surface area contributed by atoms with Gasteiger partial charge in [0.1, 0.15) is 0 Å². The summed E-state index contributed by atoms with van der Waals surface area (Å²) in [5, 5.41) is 3.17. The van der Waals surface area contributed by atoms with Gasteiger partial charge in [-0.1, -0.05) is 53.3 Å². The average molecular weight is 313 g/mol. The second-order valence-electron chi connectivity index (χ2n) is 7.82. The molecule has 0 spiro atoms. The fourth-order valence-electron chi connectivity index (χ4n) is 2.91. The lowest BCUT2D eigenvalue weighted by molar-refractivity contribution is -0.124. The molecule has 4 heteroatoms. The predicted octanol–water partition coefficient (Wildman–Crippen LogP) is 3.80. The minimum absolute atomic E-state index is 0.0835. The van der Waals surface area contributed by atoms with E-state index in [1.807, 2.05) is 0 Å². The van der Waals surface area contributed by atoms with E-state index in [9.17, 15) is 4.79 Å². The number of amides is 1. The van der Waals surface area contributed by atoms with E-state index < -0.39 is 5.54 Å². The SMILES string of the molecule is CCC1CCC(NC(=O)CC(C)C(C)(C)C)(C(N)=S)CC1. The molecule has 0 aromatic heterocycles. The van der Waals surface area contributed by atoms with Gasteiger partial charge in [0.15, 0.2) is 0 Å². The maximum absolute atomic E-state index is 12.4. The second kappa shape index (κ2) is 7.08. The highest BCUT2D eigenvalue weighted by Gasteiger charge is 2.39. The molecule has 1 amide bonds. The molecule has 0 heterocycles. The number of carbonyl (C=O) groups excluding carboxylic acids is 1. The lowest BCUT2D eigenvalue weighted by atomic mass is 9.75. The lowest BCUT2D eigenvalue weighted by Gasteiger charge is -2.40. The highest BCUT2D eigenvalue weighted by molar-refractivity contribution is 7.80. The van der Waals surface area contributed by atoms with Crippen molar-refractivity contribution < 1.29 is 4.79 Å². The van der Waals surface area contributed by atoms with Gasteiger partial charge in [0.05, 0.1) is 10.5 Å². The highest BCUT2D eigenvalue weighted by atomic mass is 32.1. The minimum atomic E-state index is -0.449. The number of hydrogen-bond acceptors (Lipinski definition) is 2. The van der Waals surface area contributed by atoms with Crippen molar-refractivity contribution in [1.29, 1.82) is 0 Å². The molecule has 122 valence electrons. The quantitative estimate of drug-likeness (QED) is 0.759. The zero-order valence-electron chi connectivity index (χ0n) is 14.3. The van der Waals surface area contributed by atoms with Gasteiger partial charge in [-0.15, -0.1) is 0 Å². The Kier molecular flexibility index (Phi) is 6.21. The standard InChI is InChI=1S/C17H32N2OS/c1-6-13-7-9-17(10-8-13,15(18)21)19-14(20)11-12(2)16(3,4)5/h12-13H,6-11H2,1-5H3,(H2,18,21)(H,19,20). The maximum Gasteiger partial charge on any atom is 0.221 e. The first-order chi connectivity index (χ1) is 9.60. The van der Waals surface area contributed by atoms with Gasteiger partial charge in [-0.3, -0.25) is 4.79 Å². The molecule has 0 aliphatic heterocycles. The Balaban J connectivity index is 2.68. The zero-order chi connectivity index (χ0) is 16.3. The molecule has 0 aromatic rings. The molecule has 1 aliphatic carbocycles. The van der Waals surface area contributed by atoms with E-state index in [1.54, 1.807) is 0 Å². The molecule has 1 rings (SSSR count). The average Bonchev–Trinajstić information content (AvgIpc) is 2.38. The summed E-state index contributed by atoms with van der Waals surface area (Å²) in [6, 6.07) is 0. The fraction of sp³-hybridized carbons (Fsp3) is 0.882. The Morgan fingerprint density at radius 3 is 2.29 bits per heavy atom. The summed E-state index contributed by atoms with van der Waals surface area (Å²) < 4.78 is 0. The van der Waals surface area contributed by atoms with E-state index >= 15 is 0 Å². The normalized spacial score (nSPS) is 28.0. The third kappa shape index (κ3) is 4.94. The van der Waals surface area contributed by atoms with Crippen LogP contribution in [0.1, 0.15) is 73.1 Å². The Labute approximate surface area is 135 Å². The van der Waals surface area contributed by atoms with Gasteiger partial charge in [-0.25, -0.2) is 0 Å². The summed E-state index contributed by atoms with van der Waals surface area (Å²) in [4.78, 5) is 12.9. The number of nitrogens with one attached hydrogen (secondary N) is 1. The van der Waals surface area contributed by atoms with Crippen molar-refractivity contribution in [3.05, 3.63) is 0 Å². The molecule has 21 heavy (non-hydrogen) atoms. The van der Waals surface area contributed by atoms with Crippen molar-refractivity contribution >= 4 is 23.1 Å². The summed E-state index contributed by atoms with van der Waals surface area (Å²) in [7, 11) is 0. The van der Waals surface area contributed by atoms with Crippen LogP contribution >= 0.6 is 12.2 Å². The number of hydrogen-bond donors (Lipinski definition) is 2. The maximum atomic E-state index is 12.4. The van der Waals surface area contributed by atoms with E-state index in [0.29, 0.717) is 17.3 Å². The molecule has 0 bridgehead atoms. The van der Waals surface area contributed by atoms with Crippen LogP contribution in [0.5, 0.6) is 0 Å². The van der Waals surface area contributed by atoms with Crippen LogP contribution in [0.4, 0.5) is 0 Å². The number of carbonyl (C=O) groups is 1.